The molecule has 0 unspecified atom stereocenters. The highest BCUT2D eigenvalue weighted by atomic mass is 16.1. The van der Waals surface area contributed by atoms with E-state index in [1.165, 1.54) is 18.4 Å². The lowest BCUT2D eigenvalue weighted by Gasteiger charge is -2.46. The van der Waals surface area contributed by atoms with Gasteiger partial charge in [0.15, 0.2) is 5.78 Å². The second-order valence-corrected chi connectivity index (χ2v) is 7.63. The molecule has 1 heteroatoms. The Hall–Kier alpha value is -1.55. The van der Waals surface area contributed by atoms with Crippen molar-refractivity contribution in [1.29, 1.82) is 0 Å². The average molecular weight is 292 g/mol. The Morgan fingerprint density at radius 2 is 2.14 bits per heavy atom. The molecule has 0 radical (unpaired) electrons. The summed E-state index contributed by atoms with van der Waals surface area (Å²) in [6.45, 7) is 4.42. The molecule has 0 aromatic carbocycles. The first-order valence-electron chi connectivity index (χ1n) is 8.68. The maximum absolute atomic E-state index is 11.7. The summed E-state index contributed by atoms with van der Waals surface area (Å²) in [6.07, 6.45) is 14.5. The Bertz CT molecular complexity index is 666. The highest BCUT2D eigenvalue weighted by molar-refractivity contribution is 5.92. The summed E-state index contributed by atoms with van der Waals surface area (Å²) in [4.78, 5) is 11.7. The molecule has 1 nitrogen and oxygen atoms in total. The Labute approximate surface area is 133 Å². The van der Waals surface area contributed by atoms with Crippen molar-refractivity contribution in [2.75, 3.05) is 0 Å². The minimum atomic E-state index is 0.301. The van der Waals surface area contributed by atoms with E-state index in [1.807, 2.05) is 13.0 Å². The third-order valence-corrected chi connectivity index (χ3v) is 6.63. The van der Waals surface area contributed by atoms with Crippen molar-refractivity contribution in [2.24, 2.45) is 29.1 Å². The summed E-state index contributed by atoms with van der Waals surface area (Å²) in [7, 11) is 0. The van der Waals surface area contributed by atoms with E-state index < -0.39 is 0 Å². The number of hydrogen-bond acceptors (Lipinski definition) is 1. The first kappa shape index (κ1) is 14.1. The van der Waals surface area contributed by atoms with Crippen molar-refractivity contribution < 1.29 is 4.79 Å². The normalized spacial score (nSPS) is 42.4. The minimum absolute atomic E-state index is 0.301. The molecule has 0 spiro atoms. The number of allylic oxidation sites excluding steroid dienone is 6. The lowest BCUT2D eigenvalue weighted by molar-refractivity contribution is -0.115. The standard InChI is InChI=1S/C21H24O/c1-3-4-15-6-10-20-19-8-5-14-13-16(22)7-9-17(14)18(19)11-12-21(15,20)2/h5,8,11,13,15,17,19-20H,6-7,9-10,12H2,1-2H3/t15-,17+,19-,20+,21-/m1/s1. The average Bonchev–Trinajstić information content (AvgIpc) is 2.84. The maximum Gasteiger partial charge on any atom is 0.156 e. The SMILES string of the molecule is CC#C[C@@H]1CC[C@H]2[C@@H]3C=CC4=CC(=O)CC[C@@H]4C3=CC[C@]12C. The fraction of sp³-hybridized carbons (Fsp3) is 0.571. The smallest absolute Gasteiger partial charge is 0.156 e. The lowest BCUT2D eigenvalue weighted by atomic mass is 9.57. The summed E-state index contributed by atoms with van der Waals surface area (Å²) < 4.78 is 0. The predicted molar refractivity (Wildman–Crippen MR) is 88.9 cm³/mol. The van der Waals surface area contributed by atoms with Gasteiger partial charge in [0, 0.05) is 24.2 Å². The summed E-state index contributed by atoms with van der Waals surface area (Å²) in [5, 5.41) is 0. The van der Waals surface area contributed by atoms with Gasteiger partial charge in [-0.05, 0) is 55.6 Å². The molecule has 4 rings (SSSR count). The van der Waals surface area contributed by atoms with E-state index in [1.54, 1.807) is 5.57 Å². The molecule has 4 aliphatic carbocycles. The van der Waals surface area contributed by atoms with Crippen LogP contribution in [-0.2, 0) is 4.79 Å². The molecule has 22 heavy (non-hydrogen) atoms. The lowest BCUT2D eigenvalue weighted by Crippen LogP contribution is -2.39. The van der Waals surface area contributed by atoms with Gasteiger partial charge < -0.3 is 0 Å². The molecule has 1 fully saturated rings. The molecule has 0 bridgehead atoms. The molecule has 0 aromatic heterocycles. The van der Waals surface area contributed by atoms with Crippen molar-refractivity contribution in [3.63, 3.8) is 0 Å². The number of ketones is 1. The molecule has 1 saturated carbocycles. The van der Waals surface area contributed by atoms with Crippen LogP contribution in [0.5, 0.6) is 0 Å². The van der Waals surface area contributed by atoms with E-state index in [-0.39, 0.29) is 0 Å². The molecule has 0 amide bonds. The van der Waals surface area contributed by atoms with Gasteiger partial charge in [-0.2, -0.15) is 0 Å². The zero-order valence-electron chi connectivity index (χ0n) is 13.6. The van der Waals surface area contributed by atoms with Gasteiger partial charge in [0.05, 0.1) is 0 Å². The second-order valence-electron chi connectivity index (χ2n) is 7.63. The van der Waals surface area contributed by atoms with Crippen LogP contribution in [0.15, 0.2) is 35.5 Å². The van der Waals surface area contributed by atoms with E-state index in [9.17, 15) is 4.79 Å². The monoisotopic (exact) mass is 292 g/mol. The Kier molecular flexibility index (Phi) is 3.19. The van der Waals surface area contributed by atoms with Gasteiger partial charge in [-0.15, -0.1) is 5.92 Å². The van der Waals surface area contributed by atoms with Crippen molar-refractivity contribution in [2.45, 2.75) is 46.0 Å². The van der Waals surface area contributed by atoms with Crippen LogP contribution < -0.4 is 0 Å². The van der Waals surface area contributed by atoms with Gasteiger partial charge >= 0.3 is 0 Å². The molecular weight excluding hydrogens is 268 g/mol. The van der Waals surface area contributed by atoms with Crippen LogP contribution in [0.2, 0.25) is 0 Å². The zero-order chi connectivity index (χ0) is 15.3. The van der Waals surface area contributed by atoms with E-state index >= 15 is 0 Å². The van der Waals surface area contributed by atoms with Crippen LogP contribution in [0.4, 0.5) is 0 Å². The Morgan fingerprint density at radius 1 is 1.27 bits per heavy atom. The van der Waals surface area contributed by atoms with Gasteiger partial charge in [-0.3, -0.25) is 4.79 Å². The van der Waals surface area contributed by atoms with Crippen LogP contribution >= 0.6 is 0 Å². The Morgan fingerprint density at radius 3 is 2.95 bits per heavy atom. The molecule has 5 atom stereocenters. The first-order valence-corrected chi connectivity index (χ1v) is 8.68. The van der Waals surface area contributed by atoms with Crippen molar-refractivity contribution in [1.82, 2.24) is 0 Å². The van der Waals surface area contributed by atoms with Gasteiger partial charge in [-0.25, -0.2) is 0 Å². The summed E-state index contributed by atoms with van der Waals surface area (Å²) in [5.74, 6) is 9.31. The van der Waals surface area contributed by atoms with Gasteiger partial charge in [0.2, 0.25) is 0 Å². The molecule has 0 aromatic rings. The quantitative estimate of drug-likeness (QED) is 0.476. The fourth-order valence-electron chi connectivity index (χ4n) is 5.43. The predicted octanol–water partition coefficient (Wildman–Crippen LogP) is 4.46. The van der Waals surface area contributed by atoms with Crippen LogP contribution in [-0.4, -0.2) is 5.78 Å². The van der Waals surface area contributed by atoms with Crippen molar-refractivity contribution >= 4 is 5.78 Å². The van der Waals surface area contributed by atoms with Crippen LogP contribution in [0, 0.1) is 40.9 Å². The number of carbonyl (C=O) groups is 1. The van der Waals surface area contributed by atoms with Gasteiger partial charge in [0.25, 0.3) is 0 Å². The summed E-state index contributed by atoms with van der Waals surface area (Å²) >= 11 is 0. The third kappa shape index (κ3) is 1.89. The number of carbonyl (C=O) groups excluding carboxylic acids is 1. The maximum atomic E-state index is 11.7. The fourth-order valence-corrected chi connectivity index (χ4v) is 5.43. The summed E-state index contributed by atoms with van der Waals surface area (Å²) in [6, 6.07) is 0. The zero-order valence-corrected chi connectivity index (χ0v) is 13.6. The molecule has 0 heterocycles. The second kappa shape index (κ2) is 4.98. The van der Waals surface area contributed by atoms with Crippen molar-refractivity contribution in [3.8, 4) is 11.8 Å². The molecular formula is C21H24O. The first-order chi connectivity index (χ1) is 10.6. The summed E-state index contributed by atoms with van der Waals surface area (Å²) in [5.41, 5.74) is 3.20. The highest BCUT2D eigenvalue weighted by Crippen LogP contribution is 2.60. The highest BCUT2D eigenvalue weighted by Gasteiger charge is 2.52. The molecule has 114 valence electrons. The molecule has 0 N–H and O–H groups in total. The van der Waals surface area contributed by atoms with E-state index in [0.717, 1.165) is 25.2 Å². The van der Waals surface area contributed by atoms with Gasteiger partial charge in [0.1, 0.15) is 0 Å². The topological polar surface area (TPSA) is 17.1 Å². The van der Waals surface area contributed by atoms with E-state index in [0.29, 0.717) is 29.0 Å². The van der Waals surface area contributed by atoms with Crippen LogP contribution in [0.3, 0.4) is 0 Å². The molecule has 0 aliphatic heterocycles. The largest absolute Gasteiger partial charge is 0.295 e. The number of rotatable bonds is 0. The van der Waals surface area contributed by atoms with E-state index in [4.69, 9.17) is 0 Å². The van der Waals surface area contributed by atoms with Gasteiger partial charge in [-0.1, -0.05) is 36.6 Å². The third-order valence-electron chi connectivity index (χ3n) is 6.63. The van der Waals surface area contributed by atoms with Crippen molar-refractivity contribution in [3.05, 3.63) is 35.5 Å². The number of fused-ring (bicyclic) bond motifs is 5. The Balaban J connectivity index is 1.72. The van der Waals surface area contributed by atoms with Crippen LogP contribution in [0.1, 0.15) is 46.0 Å². The minimum Gasteiger partial charge on any atom is -0.295 e. The van der Waals surface area contributed by atoms with E-state index in [2.05, 4.69) is 37.0 Å². The molecule has 0 saturated heterocycles. The van der Waals surface area contributed by atoms with Crippen LogP contribution in [0.25, 0.3) is 0 Å². The molecule has 4 aliphatic rings. The number of hydrogen-bond donors (Lipinski definition) is 0.